The van der Waals surface area contributed by atoms with Crippen LogP contribution >= 0.6 is 0 Å². The first kappa shape index (κ1) is 12.8. The highest BCUT2D eigenvalue weighted by atomic mass is 16.1. The van der Waals surface area contributed by atoms with Gasteiger partial charge in [-0.25, -0.2) is 0 Å². The minimum absolute atomic E-state index is 0.161. The van der Waals surface area contributed by atoms with Crippen molar-refractivity contribution >= 4 is 11.6 Å². The van der Waals surface area contributed by atoms with Gasteiger partial charge in [-0.15, -0.1) is 0 Å². The predicted molar refractivity (Wildman–Crippen MR) is 71.6 cm³/mol. The van der Waals surface area contributed by atoms with Gasteiger partial charge in [0.25, 0.3) is 5.91 Å². The average molecular weight is 248 g/mol. The number of piperidine rings is 1. The molecule has 2 unspecified atom stereocenters. The Hall–Kier alpha value is -1.62. The van der Waals surface area contributed by atoms with E-state index in [1.165, 1.54) is 0 Å². The van der Waals surface area contributed by atoms with Crippen LogP contribution in [0.4, 0.5) is 5.69 Å². The van der Waals surface area contributed by atoms with Crippen molar-refractivity contribution < 1.29 is 4.79 Å². The maximum Gasteiger partial charge on any atom is 0.269 e. The first-order valence-electron chi connectivity index (χ1n) is 6.29. The van der Waals surface area contributed by atoms with Gasteiger partial charge >= 0.3 is 0 Å². The van der Waals surface area contributed by atoms with Gasteiger partial charge in [0.05, 0.1) is 0 Å². The number of aromatic nitrogens is 1. The minimum atomic E-state index is -0.161. The fourth-order valence-electron chi connectivity index (χ4n) is 2.48. The normalized spacial score (nSPS) is 23.8. The van der Waals surface area contributed by atoms with Crippen LogP contribution in [0.5, 0.6) is 0 Å². The van der Waals surface area contributed by atoms with Crippen molar-refractivity contribution in [3.63, 3.8) is 0 Å². The number of nitrogens with zero attached hydrogens (tertiary/aromatic N) is 2. The number of rotatable bonds is 2. The molecule has 0 aromatic carbocycles. The van der Waals surface area contributed by atoms with E-state index in [9.17, 15) is 4.79 Å². The van der Waals surface area contributed by atoms with Crippen molar-refractivity contribution in [1.29, 1.82) is 0 Å². The summed E-state index contributed by atoms with van der Waals surface area (Å²) < 4.78 is 0. The molecule has 2 rings (SSSR count). The molecule has 5 heteroatoms. The zero-order valence-electron chi connectivity index (χ0n) is 10.9. The van der Waals surface area contributed by atoms with Gasteiger partial charge < -0.3 is 16.0 Å². The van der Waals surface area contributed by atoms with E-state index in [1.54, 1.807) is 13.2 Å². The van der Waals surface area contributed by atoms with E-state index >= 15 is 0 Å². The molecule has 1 fully saturated rings. The van der Waals surface area contributed by atoms with Crippen LogP contribution in [-0.4, -0.2) is 37.1 Å². The molecule has 2 heterocycles. The van der Waals surface area contributed by atoms with Crippen LogP contribution in [0.2, 0.25) is 0 Å². The third-order valence-corrected chi connectivity index (χ3v) is 3.26. The molecule has 0 saturated carbocycles. The SMILES string of the molecule is CNC(=O)c1cc(N2CC(C)CC(N)C2)ccn1. The molecule has 5 nitrogen and oxygen atoms in total. The summed E-state index contributed by atoms with van der Waals surface area (Å²) in [5, 5.41) is 2.58. The molecule has 2 atom stereocenters. The van der Waals surface area contributed by atoms with Crippen LogP contribution in [0.15, 0.2) is 18.3 Å². The lowest BCUT2D eigenvalue weighted by molar-refractivity contribution is 0.0958. The minimum Gasteiger partial charge on any atom is -0.370 e. The van der Waals surface area contributed by atoms with E-state index in [4.69, 9.17) is 5.73 Å². The summed E-state index contributed by atoms with van der Waals surface area (Å²) >= 11 is 0. The van der Waals surface area contributed by atoms with Crippen LogP contribution in [0.25, 0.3) is 0 Å². The lowest BCUT2D eigenvalue weighted by atomic mass is 9.96. The van der Waals surface area contributed by atoms with Crippen LogP contribution in [0, 0.1) is 5.92 Å². The highest BCUT2D eigenvalue weighted by Crippen LogP contribution is 2.22. The fourth-order valence-corrected chi connectivity index (χ4v) is 2.48. The van der Waals surface area contributed by atoms with Crippen LogP contribution in [0.3, 0.4) is 0 Å². The highest BCUT2D eigenvalue weighted by Gasteiger charge is 2.22. The Morgan fingerprint density at radius 1 is 1.56 bits per heavy atom. The van der Waals surface area contributed by atoms with Crippen LogP contribution < -0.4 is 16.0 Å². The molecule has 98 valence electrons. The van der Waals surface area contributed by atoms with Gasteiger partial charge in [0.15, 0.2) is 0 Å². The molecule has 0 spiro atoms. The summed E-state index contributed by atoms with van der Waals surface area (Å²) in [7, 11) is 1.61. The summed E-state index contributed by atoms with van der Waals surface area (Å²) in [6, 6.07) is 3.95. The monoisotopic (exact) mass is 248 g/mol. The quantitative estimate of drug-likeness (QED) is 0.804. The van der Waals surface area contributed by atoms with Crippen molar-refractivity contribution in [1.82, 2.24) is 10.3 Å². The molecule has 1 aromatic rings. The Labute approximate surface area is 107 Å². The van der Waals surface area contributed by atoms with E-state index in [0.29, 0.717) is 11.6 Å². The van der Waals surface area contributed by atoms with E-state index in [1.807, 2.05) is 12.1 Å². The van der Waals surface area contributed by atoms with Crippen molar-refractivity contribution in [2.75, 3.05) is 25.0 Å². The summed E-state index contributed by atoms with van der Waals surface area (Å²) in [5.41, 5.74) is 7.51. The maximum atomic E-state index is 11.6. The van der Waals surface area contributed by atoms with Gasteiger partial charge in [-0.2, -0.15) is 0 Å². The topological polar surface area (TPSA) is 71.2 Å². The van der Waals surface area contributed by atoms with Gasteiger partial charge in [0.1, 0.15) is 5.69 Å². The molecule has 3 N–H and O–H groups in total. The molecule has 1 aliphatic heterocycles. The molecule has 1 saturated heterocycles. The number of nitrogens with one attached hydrogen (secondary N) is 1. The van der Waals surface area contributed by atoms with Crippen molar-refractivity contribution in [2.24, 2.45) is 11.7 Å². The molecular weight excluding hydrogens is 228 g/mol. The number of nitrogens with two attached hydrogens (primary N) is 1. The summed E-state index contributed by atoms with van der Waals surface area (Å²) in [5.74, 6) is 0.413. The van der Waals surface area contributed by atoms with Crippen LogP contribution in [-0.2, 0) is 0 Å². The zero-order valence-corrected chi connectivity index (χ0v) is 10.9. The lowest BCUT2D eigenvalue weighted by Crippen LogP contribution is -2.46. The number of amides is 1. The number of anilines is 1. The molecule has 0 radical (unpaired) electrons. The first-order valence-corrected chi connectivity index (χ1v) is 6.29. The van der Waals surface area contributed by atoms with Gasteiger partial charge in [-0.05, 0) is 24.5 Å². The Balaban J connectivity index is 2.20. The highest BCUT2D eigenvalue weighted by molar-refractivity contribution is 5.92. The van der Waals surface area contributed by atoms with E-state index < -0.39 is 0 Å². The van der Waals surface area contributed by atoms with Gasteiger partial charge in [0, 0.05) is 38.1 Å². The Morgan fingerprint density at radius 2 is 2.33 bits per heavy atom. The van der Waals surface area contributed by atoms with Crippen LogP contribution in [0.1, 0.15) is 23.8 Å². The van der Waals surface area contributed by atoms with Gasteiger partial charge in [-0.1, -0.05) is 6.92 Å². The third kappa shape index (κ3) is 2.79. The van der Waals surface area contributed by atoms with E-state index in [-0.39, 0.29) is 11.9 Å². The molecule has 1 aliphatic rings. The second kappa shape index (κ2) is 5.35. The zero-order chi connectivity index (χ0) is 13.1. The lowest BCUT2D eigenvalue weighted by Gasteiger charge is -2.36. The predicted octanol–water partition coefficient (Wildman–Crippen LogP) is 0.615. The van der Waals surface area contributed by atoms with E-state index in [0.717, 1.165) is 25.2 Å². The second-order valence-electron chi connectivity index (χ2n) is 4.98. The average Bonchev–Trinajstić information content (AvgIpc) is 2.37. The summed E-state index contributed by atoms with van der Waals surface area (Å²) in [6.45, 7) is 4.01. The summed E-state index contributed by atoms with van der Waals surface area (Å²) in [4.78, 5) is 17.9. The number of pyridine rings is 1. The van der Waals surface area contributed by atoms with E-state index in [2.05, 4.69) is 22.1 Å². The second-order valence-corrected chi connectivity index (χ2v) is 4.98. The molecule has 18 heavy (non-hydrogen) atoms. The Morgan fingerprint density at radius 3 is 3.00 bits per heavy atom. The smallest absolute Gasteiger partial charge is 0.269 e. The maximum absolute atomic E-state index is 11.6. The number of hydrogen-bond donors (Lipinski definition) is 2. The molecular formula is C13H20N4O. The summed E-state index contributed by atoms with van der Waals surface area (Å²) in [6.07, 6.45) is 2.73. The Bertz CT molecular complexity index is 425. The number of carbonyl (C=O) groups is 1. The first-order chi connectivity index (χ1) is 8.60. The number of carbonyl (C=O) groups excluding carboxylic acids is 1. The van der Waals surface area contributed by atoms with Gasteiger partial charge in [0.2, 0.25) is 0 Å². The fraction of sp³-hybridized carbons (Fsp3) is 0.538. The van der Waals surface area contributed by atoms with Crippen molar-refractivity contribution in [3.05, 3.63) is 24.0 Å². The largest absolute Gasteiger partial charge is 0.370 e. The molecule has 0 aliphatic carbocycles. The third-order valence-electron chi connectivity index (χ3n) is 3.26. The van der Waals surface area contributed by atoms with Crippen molar-refractivity contribution in [3.8, 4) is 0 Å². The standard InChI is InChI=1S/C13H20N4O/c1-9-5-10(14)8-17(7-9)11-3-4-16-12(6-11)13(18)15-2/h3-4,6,9-10H,5,7-8,14H2,1-2H3,(H,15,18). The molecule has 1 amide bonds. The van der Waals surface area contributed by atoms with Gasteiger partial charge in [-0.3, -0.25) is 9.78 Å². The Kier molecular flexibility index (Phi) is 3.81. The molecule has 0 bridgehead atoms. The number of hydrogen-bond acceptors (Lipinski definition) is 4. The molecule has 1 aromatic heterocycles. The van der Waals surface area contributed by atoms with Crippen molar-refractivity contribution in [2.45, 2.75) is 19.4 Å².